The Balaban J connectivity index is 1.56. The number of nitrogens with zero attached hydrogens (tertiary/aromatic N) is 2. The van der Waals surface area contributed by atoms with Gasteiger partial charge in [-0.2, -0.15) is 0 Å². The molecule has 15 heteroatoms. The summed E-state index contributed by atoms with van der Waals surface area (Å²) in [6.07, 6.45) is 4.90. The first-order valence-corrected chi connectivity index (χ1v) is 21.0. The van der Waals surface area contributed by atoms with Gasteiger partial charge in [0.2, 0.25) is 0 Å². The van der Waals surface area contributed by atoms with Gasteiger partial charge in [-0.3, -0.25) is 29.1 Å². The fourth-order valence-corrected chi connectivity index (χ4v) is 8.97. The van der Waals surface area contributed by atoms with Crippen LogP contribution in [0.3, 0.4) is 0 Å². The molecule has 0 amide bonds. The van der Waals surface area contributed by atoms with Crippen molar-refractivity contribution in [1.82, 2.24) is 19.9 Å². The Morgan fingerprint density at radius 2 is 1.39 bits per heavy atom. The highest BCUT2D eigenvalue weighted by molar-refractivity contribution is 5.92. The third kappa shape index (κ3) is 9.39. The highest BCUT2D eigenvalue weighted by Gasteiger charge is 2.56. The van der Waals surface area contributed by atoms with E-state index in [-0.39, 0.29) is 62.9 Å². The predicted molar refractivity (Wildman–Crippen MR) is 232 cm³/mol. The van der Waals surface area contributed by atoms with E-state index in [0.29, 0.717) is 60.8 Å². The summed E-state index contributed by atoms with van der Waals surface area (Å²) in [6.45, 7) is 13.6. The zero-order valence-electron chi connectivity index (χ0n) is 36.7. The number of carbonyl (C=O) groups is 4. The molecule has 0 aromatic carbocycles. The number of aromatic nitrogens is 4. The molecule has 0 radical (unpaired) electrons. The van der Waals surface area contributed by atoms with Crippen LogP contribution in [0.4, 0.5) is 0 Å². The first-order chi connectivity index (χ1) is 29.8. The summed E-state index contributed by atoms with van der Waals surface area (Å²) < 4.78 is 31.9. The molecule has 62 heavy (non-hydrogen) atoms. The predicted octanol–water partition coefficient (Wildman–Crippen LogP) is 6.50. The standard InChI is InChI=1S/C47H58N4O11/c1-9-29-26(2)34-22-35-27(3)30(11-14-42(52)58-7)37(48-35)24-38-31(12-15-43(53)59-8)28(4)36(49-38)23-40-33-13-10-32(45(54)55)44(47(33,5)41(51-40)25-39(29)50-34)46(56)62-21-20-61-19-18-60-17-16-57-6/h9,13,22-26,29,32,44,48-49H,1,10-12,14-21H2,2-8H3,(H,54,55)/t26?,29?,32-,44+,47-/m1/s1. The molecule has 5 heterocycles. The van der Waals surface area contributed by atoms with Crippen molar-refractivity contribution in [3.8, 4) is 0 Å². The lowest BCUT2D eigenvalue weighted by atomic mass is 9.60. The number of hydrogen-bond donors (Lipinski definition) is 3. The van der Waals surface area contributed by atoms with Gasteiger partial charge in [-0.1, -0.05) is 19.1 Å². The Kier molecular flexibility index (Phi) is 14.8. The highest BCUT2D eigenvalue weighted by Crippen LogP contribution is 2.54. The number of ether oxygens (including phenoxy) is 6. The van der Waals surface area contributed by atoms with Crippen LogP contribution < -0.4 is 0 Å². The van der Waals surface area contributed by atoms with Gasteiger partial charge in [0.15, 0.2) is 0 Å². The second-order valence-electron chi connectivity index (χ2n) is 16.1. The van der Waals surface area contributed by atoms with Gasteiger partial charge in [0, 0.05) is 59.5 Å². The van der Waals surface area contributed by atoms with Gasteiger partial charge < -0.3 is 43.5 Å². The van der Waals surface area contributed by atoms with E-state index < -0.39 is 29.2 Å². The van der Waals surface area contributed by atoms with Crippen molar-refractivity contribution < 1.29 is 52.7 Å². The maximum absolute atomic E-state index is 14.3. The molecule has 0 fully saturated rings. The zero-order chi connectivity index (χ0) is 44.7. The number of allylic oxidation sites excluding steroid dienone is 3. The summed E-state index contributed by atoms with van der Waals surface area (Å²) in [5, 5.41) is 10.6. The first-order valence-electron chi connectivity index (χ1n) is 21.0. The minimum Gasteiger partial charge on any atom is -0.481 e. The molecule has 3 aliphatic rings. The summed E-state index contributed by atoms with van der Waals surface area (Å²) in [5.74, 6) is -5.05. The number of nitrogens with one attached hydrogen (secondary N) is 2. The molecule has 5 atom stereocenters. The molecule has 0 saturated carbocycles. The number of rotatable bonds is 18. The van der Waals surface area contributed by atoms with Gasteiger partial charge in [-0.25, -0.2) is 0 Å². The van der Waals surface area contributed by atoms with Crippen LogP contribution in [0.1, 0.15) is 90.0 Å². The number of hydrogen-bond acceptors (Lipinski definition) is 12. The van der Waals surface area contributed by atoms with Crippen LogP contribution in [0.15, 0.2) is 43.0 Å². The number of esters is 3. The number of aliphatic carboxylic acids is 1. The van der Waals surface area contributed by atoms with Crippen molar-refractivity contribution in [1.29, 1.82) is 0 Å². The quantitative estimate of drug-likeness (QED) is 0.0542. The zero-order valence-corrected chi connectivity index (χ0v) is 36.7. The van der Waals surface area contributed by atoms with Crippen LogP contribution in [-0.2, 0) is 65.9 Å². The van der Waals surface area contributed by atoms with E-state index in [1.165, 1.54) is 14.2 Å². The topological polar surface area (TPSA) is 201 Å². The largest absolute Gasteiger partial charge is 0.481 e. The van der Waals surface area contributed by atoms with E-state index in [1.54, 1.807) is 7.11 Å². The second-order valence-corrected chi connectivity index (χ2v) is 16.1. The monoisotopic (exact) mass is 854 g/mol. The SMILES string of the molecule is C=CC1c2cc3nc(cc4[nH]c(cc5[nH]c(cc(n2)C1C)c(C)c5CCC(=O)OC)c(CCC(=O)OC)c4C)C1=CC[C@@H](C(=O)O)[C@@H](C(=O)OCCOCCOCCOC)[C@]13C. The highest BCUT2D eigenvalue weighted by atomic mass is 16.6. The van der Waals surface area contributed by atoms with Crippen LogP contribution in [0.25, 0.3) is 27.6 Å². The van der Waals surface area contributed by atoms with Gasteiger partial charge >= 0.3 is 23.9 Å². The van der Waals surface area contributed by atoms with E-state index >= 15 is 0 Å². The maximum Gasteiger partial charge on any atom is 0.311 e. The van der Waals surface area contributed by atoms with Gasteiger partial charge in [-0.15, -0.1) is 6.58 Å². The number of aryl methyl sites for hydroxylation is 4. The number of H-pyrrole nitrogens is 2. The van der Waals surface area contributed by atoms with E-state index in [0.717, 1.165) is 44.5 Å². The molecule has 0 spiro atoms. The second kappa shape index (κ2) is 20.0. The van der Waals surface area contributed by atoms with Crippen molar-refractivity contribution in [2.24, 2.45) is 11.8 Å². The fourth-order valence-electron chi connectivity index (χ4n) is 8.97. The lowest BCUT2D eigenvalue weighted by Gasteiger charge is -2.40. The Hall–Kier alpha value is -5.64. The average molecular weight is 855 g/mol. The first kappa shape index (κ1) is 45.9. The molecule has 0 saturated heterocycles. The Morgan fingerprint density at radius 1 is 0.806 bits per heavy atom. The summed E-state index contributed by atoms with van der Waals surface area (Å²) in [7, 11) is 4.33. The fraction of sp³-hybridized carbons (Fsp3) is 0.489. The smallest absolute Gasteiger partial charge is 0.311 e. The third-order valence-electron chi connectivity index (χ3n) is 12.6. The molecular formula is C47H58N4O11. The molecule has 2 aliphatic heterocycles. The molecule has 6 rings (SSSR count). The number of carboxylic acid groups (broad SMARTS) is 1. The summed E-state index contributed by atoms with van der Waals surface area (Å²) in [4.78, 5) is 69.7. The number of carbonyl (C=O) groups excluding carboxylic acids is 3. The Morgan fingerprint density at radius 3 is 1.95 bits per heavy atom. The molecular weight excluding hydrogens is 797 g/mol. The Labute approximate surface area is 361 Å². The number of carboxylic acids is 1. The number of methoxy groups -OCH3 is 3. The van der Waals surface area contributed by atoms with E-state index in [4.69, 9.17) is 38.4 Å². The molecule has 3 N–H and O–H groups in total. The summed E-state index contributed by atoms with van der Waals surface area (Å²) >= 11 is 0. The third-order valence-corrected chi connectivity index (χ3v) is 12.6. The van der Waals surface area contributed by atoms with Gasteiger partial charge in [0.25, 0.3) is 0 Å². The van der Waals surface area contributed by atoms with E-state index in [2.05, 4.69) is 23.5 Å². The van der Waals surface area contributed by atoms with Crippen molar-refractivity contribution in [3.63, 3.8) is 0 Å². The summed E-state index contributed by atoms with van der Waals surface area (Å²) in [6, 6.07) is 7.79. The molecule has 1 aliphatic carbocycles. The maximum atomic E-state index is 14.3. The van der Waals surface area contributed by atoms with Crippen molar-refractivity contribution >= 4 is 51.5 Å². The molecule has 332 valence electrons. The number of aromatic amines is 2. The molecule has 3 aromatic heterocycles. The van der Waals surface area contributed by atoms with Gasteiger partial charge in [-0.05, 0) is 92.1 Å². The lowest BCUT2D eigenvalue weighted by molar-refractivity contribution is -0.161. The molecule has 3 aromatic rings. The van der Waals surface area contributed by atoms with E-state index in [1.807, 2.05) is 57.2 Å². The summed E-state index contributed by atoms with van der Waals surface area (Å²) in [5.41, 5.74) is 8.65. The van der Waals surface area contributed by atoms with Crippen LogP contribution in [0, 0.1) is 25.7 Å². The van der Waals surface area contributed by atoms with Crippen LogP contribution in [0.2, 0.25) is 0 Å². The lowest BCUT2D eigenvalue weighted by Crippen LogP contribution is -2.47. The van der Waals surface area contributed by atoms with Gasteiger partial charge in [0.05, 0.1) is 81.6 Å². The molecule has 8 bridgehead atoms. The van der Waals surface area contributed by atoms with Gasteiger partial charge in [0.1, 0.15) is 6.61 Å². The average Bonchev–Trinajstić information content (AvgIpc) is 3.91. The van der Waals surface area contributed by atoms with Crippen molar-refractivity contribution in [2.75, 3.05) is 61.0 Å². The molecule has 15 nitrogen and oxygen atoms in total. The number of fused-ring (bicyclic) bond motifs is 11. The van der Waals surface area contributed by atoms with Crippen molar-refractivity contribution in [3.05, 3.63) is 88.0 Å². The molecule has 2 unspecified atom stereocenters. The van der Waals surface area contributed by atoms with E-state index in [9.17, 15) is 24.3 Å². The minimum absolute atomic E-state index is 0.0748. The van der Waals surface area contributed by atoms with Crippen LogP contribution in [-0.4, -0.2) is 110 Å². The van der Waals surface area contributed by atoms with Crippen LogP contribution in [0.5, 0.6) is 0 Å². The Bertz CT molecular complexity index is 2400. The van der Waals surface area contributed by atoms with Crippen LogP contribution >= 0.6 is 0 Å². The minimum atomic E-state index is -1.24. The van der Waals surface area contributed by atoms with Crippen molar-refractivity contribution in [2.45, 2.75) is 77.0 Å². The normalized spacial score (nSPS) is 20.5.